The second-order valence-corrected chi connectivity index (χ2v) is 5.68. The Morgan fingerprint density at radius 1 is 1.33 bits per heavy atom. The molecule has 0 aliphatic carbocycles. The van der Waals surface area contributed by atoms with Gasteiger partial charge < -0.3 is 5.73 Å². The van der Waals surface area contributed by atoms with E-state index in [1.54, 1.807) is 0 Å². The molecule has 3 amide bonds. The number of amides is 3. The molecule has 21 heavy (non-hydrogen) atoms. The van der Waals surface area contributed by atoms with Crippen molar-refractivity contribution in [2.24, 2.45) is 11.7 Å². The van der Waals surface area contributed by atoms with Gasteiger partial charge in [0.1, 0.15) is 0 Å². The highest BCUT2D eigenvalue weighted by Crippen LogP contribution is 2.27. The standard InChI is InChI=1S/C16H23N3O2/c1-12-14(11-13-5-3-2-4-6-13)7-9-19(12)10-8-15(20)18-16(17)21/h2-6,12,14H,7-11H2,1H3,(H3,17,18,20,21)/t12-,14+/m1/s1. The van der Waals surface area contributed by atoms with E-state index in [2.05, 4.69) is 41.4 Å². The van der Waals surface area contributed by atoms with Gasteiger partial charge in [-0.05, 0) is 37.8 Å². The van der Waals surface area contributed by atoms with Crippen LogP contribution in [0.25, 0.3) is 0 Å². The van der Waals surface area contributed by atoms with Crippen molar-refractivity contribution in [3.05, 3.63) is 35.9 Å². The molecule has 0 aromatic heterocycles. The van der Waals surface area contributed by atoms with Gasteiger partial charge in [0.2, 0.25) is 5.91 Å². The summed E-state index contributed by atoms with van der Waals surface area (Å²) in [5.74, 6) is 0.313. The van der Waals surface area contributed by atoms with Crippen LogP contribution in [-0.2, 0) is 11.2 Å². The fourth-order valence-corrected chi connectivity index (χ4v) is 3.02. The topological polar surface area (TPSA) is 75.4 Å². The average Bonchev–Trinajstić information content (AvgIpc) is 2.78. The van der Waals surface area contributed by atoms with E-state index in [9.17, 15) is 9.59 Å². The average molecular weight is 289 g/mol. The van der Waals surface area contributed by atoms with Crippen LogP contribution in [0.15, 0.2) is 30.3 Å². The molecule has 0 radical (unpaired) electrons. The molecule has 0 bridgehead atoms. The van der Waals surface area contributed by atoms with Crippen LogP contribution in [0.2, 0.25) is 0 Å². The Morgan fingerprint density at radius 3 is 2.71 bits per heavy atom. The third-order valence-corrected chi connectivity index (χ3v) is 4.27. The quantitative estimate of drug-likeness (QED) is 0.863. The molecule has 1 aliphatic rings. The Kier molecular flexibility index (Phi) is 5.33. The lowest BCUT2D eigenvalue weighted by Gasteiger charge is -2.24. The van der Waals surface area contributed by atoms with Crippen molar-refractivity contribution in [2.75, 3.05) is 13.1 Å². The highest BCUT2D eigenvalue weighted by molar-refractivity contribution is 5.93. The van der Waals surface area contributed by atoms with E-state index in [4.69, 9.17) is 5.73 Å². The number of rotatable bonds is 5. The number of hydrogen-bond acceptors (Lipinski definition) is 3. The number of imide groups is 1. The highest BCUT2D eigenvalue weighted by atomic mass is 16.2. The Labute approximate surface area is 125 Å². The van der Waals surface area contributed by atoms with Gasteiger partial charge in [0.05, 0.1) is 0 Å². The number of carbonyl (C=O) groups excluding carboxylic acids is 2. The zero-order valence-corrected chi connectivity index (χ0v) is 12.4. The molecule has 0 saturated carbocycles. The Bertz CT molecular complexity index is 490. The molecule has 1 aromatic rings. The SMILES string of the molecule is C[C@@H]1[C@H](Cc2ccccc2)CCN1CCC(=O)NC(N)=O. The maximum absolute atomic E-state index is 11.5. The van der Waals surface area contributed by atoms with Crippen molar-refractivity contribution in [3.63, 3.8) is 0 Å². The molecule has 1 aromatic carbocycles. The van der Waals surface area contributed by atoms with Crippen LogP contribution in [0.1, 0.15) is 25.3 Å². The van der Waals surface area contributed by atoms with E-state index < -0.39 is 6.03 Å². The molecule has 2 atom stereocenters. The van der Waals surface area contributed by atoms with Gasteiger partial charge in [-0.25, -0.2) is 4.79 Å². The largest absolute Gasteiger partial charge is 0.351 e. The molecule has 0 spiro atoms. The number of likely N-dealkylation sites (tertiary alicyclic amines) is 1. The first-order chi connectivity index (χ1) is 10.1. The van der Waals surface area contributed by atoms with Gasteiger partial charge in [0, 0.05) is 19.0 Å². The van der Waals surface area contributed by atoms with E-state index in [1.165, 1.54) is 5.56 Å². The van der Waals surface area contributed by atoms with Gasteiger partial charge >= 0.3 is 6.03 Å². The van der Waals surface area contributed by atoms with Gasteiger partial charge in [0.15, 0.2) is 0 Å². The van der Waals surface area contributed by atoms with Crippen molar-refractivity contribution in [2.45, 2.75) is 32.2 Å². The van der Waals surface area contributed by atoms with Crippen LogP contribution in [0.4, 0.5) is 4.79 Å². The van der Waals surface area contributed by atoms with E-state index in [-0.39, 0.29) is 5.91 Å². The first kappa shape index (κ1) is 15.5. The van der Waals surface area contributed by atoms with Gasteiger partial charge in [-0.3, -0.25) is 15.0 Å². The van der Waals surface area contributed by atoms with Crippen LogP contribution >= 0.6 is 0 Å². The van der Waals surface area contributed by atoms with Crippen LogP contribution in [-0.4, -0.2) is 36.0 Å². The summed E-state index contributed by atoms with van der Waals surface area (Å²) in [5.41, 5.74) is 6.29. The van der Waals surface area contributed by atoms with Crippen molar-refractivity contribution >= 4 is 11.9 Å². The summed E-state index contributed by atoms with van der Waals surface area (Å²) < 4.78 is 0. The second kappa shape index (κ2) is 7.22. The lowest BCUT2D eigenvalue weighted by molar-refractivity contribution is -0.120. The normalized spacial score (nSPS) is 22.1. The third-order valence-electron chi connectivity index (χ3n) is 4.27. The Balaban J connectivity index is 1.80. The Hall–Kier alpha value is -1.88. The number of nitrogens with two attached hydrogens (primary N) is 1. The molecule has 1 heterocycles. The van der Waals surface area contributed by atoms with E-state index in [1.807, 2.05) is 6.07 Å². The number of nitrogens with zero attached hydrogens (tertiary/aromatic N) is 1. The molecule has 1 fully saturated rings. The maximum Gasteiger partial charge on any atom is 0.318 e. The zero-order chi connectivity index (χ0) is 15.2. The fourth-order valence-electron chi connectivity index (χ4n) is 3.02. The number of urea groups is 1. The molecular formula is C16H23N3O2. The first-order valence-corrected chi connectivity index (χ1v) is 7.43. The van der Waals surface area contributed by atoms with Crippen molar-refractivity contribution in [1.82, 2.24) is 10.2 Å². The van der Waals surface area contributed by atoms with Crippen molar-refractivity contribution in [3.8, 4) is 0 Å². The van der Waals surface area contributed by atoms with Crippen LogP contribution < -0.4 is 11.1 Å². The number of nitrogens with one attached hydrogen (secondary N) is 1. The minimum Gasteiger partial charge on any atom is -0.351 e. The highest BCUT2D eigenvalue weighted by Gasteiger charge is 2.30. The summed E-state index contributed by atoms with van der Waals surface area (Å²) in [6.07, 6.45) is 2.53. The minimum absolute atomic E-state index is 0.304. The molecule has 5 heteroatoms. The Morgan fingerprint density at radius 2 is 2.05 bits per heavy atom. The van der Waals surface area contributed by atoms with Crippen molar-refractivity contribution < 1.29 is 9.59 Å². The number of carbonyl (C=O) groups is 2. The summed E-state index contributed by atoms with van der Waals surface area (Å²) in [4.78, 5) is 24.4. The van der Waals surface area contributed by atoms with Gasteiger partial charge in [-0.1, -0.05) is 30.3 Å². The zero-order valence-electron chi connectivity index (χ0n) is 12.4. The van der Waals surface area contributed by atoms with Crippen molar-refractivity contribution in [1.29, 1.82) is 0 Å². The van der Waals surface area contributed by atoms with Gasteiger partial charge in [0.25, 0.3) is 0 Å². The van der Waals surface area contributed by atoms with Gasteiger partial charge in [-0.2, -0.15) is 0 Å². The van der Waals surface area contributed by atoms with Crippen LogP contribution in [0, 0.1) is 5.92 Å². The lowest BCUT2D eigenvalue weighted by atomic mass is 9.93. The molecule has 114 valence electrons. The number of hydrogen-bond donors (Lipinski definition) is 2. The van der Waals surface area contributed by atoms with Crippen LogP contribution in [0.3, 0.4) is 0 Å². The molecule has 5 nitrogen and oxygen atoms in total. The molecule has 1 aliphatic heterocycles. The fraction of sp³-hybridized carbons (Fsp3) is 0.500. The first-order valence-electron chi connectivity index (χ1n) is 7.43. The molecular weight excluding hydrogens is 266 g/mol. The van der Waals surface area contributed by atoms with E-state index in [0.717, 1.165) is 19.4 Å². The molecule has 3 N–H and O–H groups in total. The van der Waals surface area contributed by atoms with Gasteiger partial charge in [-0.15, -0.1) is 0 Å². The summed E-state index contributed by atoms with van der Waals surface area (Å²) >= 11 is 0. The van der Waals surface area contributed by atoms with E-state index in [0.29, 0.717) is 24.9 Å². The minimum atomic E-state index is -0.781. The summed E-state index contributed by atoms with van der Waals surface area (Å²) in [6.45, 7) is 3.89. The third kappa shape index (κ3) is 4.56. The molecule has 0 unspecified atom stereocenters. The molecule has 2 rings (SSSR count). The summed E-state index contributed by atoms with van der Waals surface area (Å²) in [6, 6.07) is 10.2. The predicted octanol–water partition coefficient (Wildman–Crippen LogP) is 1.52. The van der Waals surface area contributed by atoms with E-state index >= 15 is 0 Å². The molecule has 1 saturated heterocycles. The summed E-state index contributed by atoms with van der Waals surface area (Å²) in [5, 5.41) is 2.11. The lowest BCUT2D eigenvalue weighted by Crippen LogP contribution is -2.38. The monoisotopic (exact) mass is 289 g/mol. The smallest absolute Gasteiger partial charge is 0.318 e. The predicted molar refractivity (Wildman–Crippen MR) is 81.6 cm³/mol. The second-order valence-electron chi connectivity index (χ2n) is 5.68. The summed E-state index contributed by atoms with van der Waals surface area (Å²) in [7, 11) is 0. The maximum atomic E-state index is 11.5. The number of benzene rings is 1. The number of primary amides is 1. The van der Waals surface area contributed by atoms with Crippen LogP contribution in [0.5, 0.6) is 0 Å².